The van der Waals surface area contributed by atoms with Gasteiger partial charge in [0.25, 0.3) is 5.91 Å². The summed E-state index contributed by atoms with van der Waals surface area (Å²) in [5.41, 5.74) is 1.22. The number of hydrogen-bond acceptors (Lipinski definition) is 3. The Morgan fingerprint density at radius 3 is 2.39 bits per heavy atom. The highest BCUT2D eigenvalue weighted by Gasteiger charge is 2.05. The van der Waals surface area contributed by atoms with E-state index in [0.717, 1.165) is 0 Å². The summed E-state index contributed by atoms with van der Waals surface area (Å²) in [6.07, 6.45) is 0. The molecule has 0 aliphatic rings. The van der Waals surface area contributed by atoms with Gasteiger partial charge in [0.05, 0.1) is 0 Å². The van der Waals surface area contributed by atoms with Crippen LogP contribution < -0.4 is 10.6 Å². The van der Waals surface area contributed by atoms with Gasteiger partial charge in [-0.25, -0.2) is 0 Å². The Hall–Kier alpha value is -1.88. The van der Waals surface area contributed by atoms with E-state index in [-0.39, 0.29) is 18.4 Å². The quantitative estimate of drug-likeness (QED) is 0.802. The van der Waals surface area contributed by atoms with Crippen LogP contribution in [0.5, 0.6) is 0 Å². The van der Waals surface area contributed by atoms with Crippen LogP contribution in [0, 0.1) is 0 Å². The van der Waals surface area contributed by atoms with Crippen LogP contribution in [0.25, 0.3) is 0 Å². The molecule has 0 aromatic heterocycles. The fourth-order valence-corrected chi connectivity index (χ4v) is 1.36. The Bertz CT molecular complexity index is 401. The van der Waals surface area contributed by atoms with Crippen LogP contribution in [0.4, 0.5) is 5.69 Å². The Morgan fingerprint density at radius 1 is 1.17 bits per heavy atom. The van der Waals surface area contributed by atoms with Crippen molar-refractivity contribution in [3.63, 3.8) is 0 Å². The van der Waals surface area contributed by atoms with Gasteiger partial charge in [-0.1, -0.05) is 0 Å². The average molecular weight is 250 g/mol. The van der Waals surface area contributed by atoms with Gasteiger partial charge in [-0.2, -0.15) is 0 Å². The number of ether oxygens (including phenoxy) is 1. The molecular formula is C13H18N2O3. The van der Waals surface area contributed by atoms with E-state index in [9.17, 15) is 9.59 Å². The molecule has 0 atom stereocenters. The molecule has 0 radical (unpaired) electrons. The minimum Gasteiger partial charge on any atom is -0.372 e. The second kappa shape index (κ2) is 7.45. The molecule has 0 heterocycles. The maximum absolute atomic E-state index is 11.5. The number of hydrogen-bond donors (Lipinski definition) is 2. The Morgan fingerprint density at radius 2 is 1.83 bits per heavy atom. The predicted molar refractivity (Wildman–Crippen MR) is 69.6 cm³/mol. The SMILES string of the molecule is CCNC(=O)c1ccc(NC(=O)COCC)cc1. The fraction of sp³-hybridized carbons (Fsp3) is 0.385. The van der Waals surface area contributed by atoms with Crippen LogP contribution in [0.1, 0.15) is 24.2 Å². The van der Waals surface area contributed by atoms with E-state index in [1.807, 2.05) is 13.8 Å². The number of amides is 2. The van der Waals surface area contributed by atoms with E-state index in [1.165, 1.54) is 0 Å². The molecule has 1 aromatic rings. The number of benzene rings is 1. The zero-order chi connectivity index (χ0) is 13.4. The van der Waals surface area contributed by atoms with Gasteiger partial charge in [0, 0.05) is 24.4 Å². The van der Waals surface area contributed by atoms with Crippen LogP contribution in [-0.2, 0) is 9.53 Å². The molecule has 1 rings (SSSR count). The van der Waals surface area contributed by atoms with Gasteiger partial charge in [0.1, 0.15) is 6.61 Å². The normalized spacial score (nSPS) is 9.89. The van der Waals surface area contributed by atoms with Crippen molar-refractivity contribution in [2.75, 3.05) is 25.1 Å². The van der Waals surface area contributed by atoms with E-state index >= 15 is 0 Å². The highest BCUT2D eigenvalue weighted by atomic mass is 16.5. The lowest BCUT2D eigenvalue weighted by atomic mass is 10.2. The molecule has 98 valence electrons. The van der Waals surface area contributed by atoms with Crippen LogP contribution in [0.2, 0.25) is 0 Å². The van der Waals surface area contributed by atoms with Crippen molar-refractivity contribution in [2.24, 2.45) is 0 Å². The Balaban J connectivity index is 2.55. The number of nitrogens with one attached hydrogen (secondary N) is 2. The summed E-state index contributed by atoms with van der Waals surface area (Å²) in [7, 11) is 0. The first-order valence-corrected chi connectivity index (χ1v) is 5.93. The molecule has 0 fully saturated rings. The summed E-state index contributed by atoms with van der Waals surface area (Å²) in [4.78, 5) is 22.9. The third-order valence-electron chi connectivity index (χ3n) is 2.21. The minimum absolute atomic E-state index is 0.0363. The third kappa shape index (κ3) is 4.55. The van der Waals surface area contributed by atoms with Crippen molar-refractivity contribution >= 4 is 17.5 Å². The lowest BCUT2D eigenvalue weighted by molar-refractivity contribution is -0.120. The molecule has 5 heteroatoms. The number of anilines is 1. The summed E-state index contributed by atoms with van der Waals surface area (Å²) in [5.74, 6) is -0.327. The Kier molecular flexibility index (Phi) is 5.87. The first kappa shape index (κ1) is 14.2. The molecule has 2 N–H and O–H groups in total. The molecule has 18 heavy (non-hydrogen) atoms. The van der Waals surface area contributed by atoms with Gasteiger partial charge in [-0.3, -0.25) is 9.59 Å². The monoisotopic (exact) mass is 250 g/mol. The standard InChI is InChI=1S/C13H18N2O3/c1-3-14-13(17)10-5-7-11(8-6-10)15-12(16)9-18-4-2/h5-8H,3-4,9H2,1-2H3,(H,14,17)(H,15,16). The second-order valence-corrected chi connectivity index (χ2v) is 3.62. The predicted octanol–water partition coefficient (Wildman–Crippen LogP) is 1.41. The van der Waals surface area contributed by atoms with Gasteiger partial charge >= 0.3 is 0 Å². The van der Waals surface area contributed by atoms with Crippen LogP contribution in [-0.4, -0.2) is 31.6 Å². The molecule has 0 aliphatic heterocycles. The maximum Gasteiger partial charge on any atom is 0.251 e. The van der Waals surface area contributed by atoms with Crippen LogP contribution in [0.15, 0.2) is 24.3 Å². The lowest BCUT2D eigenvalue weighted by Crippen LogP contribution is -2.22. The van der Waals surface area contributed by atoms with Gasteiger partial charge in [0.15, 0.2) is 0 Å². The first-order chi connectivity index (χ1) is 8.67. The van der Waals surface area contributed by atoms with Crippen LogP contribution >= 0.6 is 0 Å². The van der Waals surface area contributed by atoms with E-state index < -0.39 is 0 Å². The van der Waals surface area contributed by atoms with Crippen molar-refractivity contribution < 1.29 is 14.3 Å². The lowest BCUT2D eigenvalue weighted by Gasteiger charge is -2.06. The molecule has 1 aromatic carbocycles. The maximum atomic E-state index is 11.5. The first-order valence-electron chi connectivity index (χ1n) is 5.93. The van der Waals surface area contributed by atoms with E-state index in [1.54, 1.807) is 24.3 Å². The molecule has 5 nitrogen and oxygen atoms in total. The summed E-state index contributed by atoms with van der Waals surface area (Å²) in [6.45, 7) is 4.82. The van der Waals surface area contributed by atoms with E-state index in [0.29, 0.717) is 24.4 Å². The molecule has 2 amide bonds. The Labute approximate surface area is 107 Å². The van der Waals surface area contributed by atoms with Crippen LogP contribution in [0.3, 0.4) is 0 Å². The highest BCUT2D eigenvalue weighted by Crippen LogP contribution is 2.09. The smallest absolute Gasteiger partial charge is 0.251 e. The second-order valence-electron chi connectivity index (χ2n) is 3.62. The summed E-state index contributed by atoms with van der Waals surface area (Å²) < 4.78 is 4.99. The van der Waals surface area contributed by atoms with E-state index in [2.05, 4.69) is 10.6 Å². The molecule has 0 bridgehead atoms. The topological polar surface area (TPSA) is 67.4 Å². The van der Waals surface area contributed by atoms with Gasteiger partial charge < -0.3 is 15.4 Å². The number of rotatable bonds is 6. The third-order valence-corrected chi connectivity index (χ3v) is 2.21. The van der Waals surface area contributed by atoms with Crippen molar-refractivity contribution in [1.29, 1.82) is 0 Å². The zero-order valence-electron chi connectivity index (χ0n) is 10.7. The zero-order valence-corrected chi connectivity index (χ0v) is 10.7. The summed E-state index contributed by atoms with van der Waals surface area (Å²) >= 11 is 0. The summed E-state index contributed by atoms with van der Waals surface area (Å²) in [6, 6.07) is 6.71. The minimum atomic E-state index is -0.206. The molecule has 0 saturated carbocycles. The van der Waals surface area contributed by atoms with E-state index in [4.69, 9.17) is 4.74 Å². The highest BCUT2D eigenvalue weighted by molar-refractivity contribution is 5.95. The molecule has 0 spiro atoms. The van der Waals surface area contributed by atoms with Gasteiger partial charge in [-0.15, -0.1) is 0 Å². The largest absolute Gasteiger partial charge is 0.372 e. The molecule has 0 unspecified atom stereocenters. The van der Waals surface area contributed by atoms with Crippen molar-refractivity contribution in [3.05, 3.63) is 29.8 Å². The van der Waals surface area contributed by atoms with Crippen molar-refractivity contribution in [1.82, 2.24) is 5.32 Å². The number of carbonyl (C=O) groups excluding carboxylic acids is 2. The van der Waals surface area contributed by atoms with Gasteiger partial charge in [0.2, 0.25) is 5.91 Å². The van der Waals surface area contributed by atoms with Gasteiger partial charge in [-0.05, 0) is 38.1 Å². The molecule has 0 aliphatic carbocycles. The molecular weight excluding hydrogens is 232 g/mol. The summed E-state index contributed by atoms with van der Waals surface area (Å²) in [5, 5.41) is 5.38. The van der Waals surface area contributed by atoms with Crippen molar-refractivity contribution in [2.45, 2.75) is 13.8 Å². The average Bonchev–Trinajstić information content (AvgIpc) is 2.37. The molecule has 0 saturated heterocycles. The number of carbonyl (C=O) groups is 2. The van der Waals surface area contributed by atoms with Crippen molar-refractivity contribution in [3.8, 4) is 0 Å². The fourth-order valence-electron chi connectivity index (χ4n) is 1.36.